The molecule has 1 aromatic rings. The minimum atomic E-state index is 1.15. The molecule has 0 bridgehead atoms. The van der Waals surface area contributed by atoms with Gasteiger partial charge in [-0.15, -0.1) is 0 Å². The predicted molar refractivity (Wildman–Crippen MR) is 49.0 cm³/mol. The van der Waals surface area contributed by atoms with Gasteiger partial charge in [0, 0.05) is 0 Å². The predicted octanol–water partition coefficient (Wildman–Crippen LogP) is 3.44. The second-order valence-corrected chi connectivity index (χ2v) is 3.39. The number of rotatable bonds is 1. The fourth-order valence-electron chi connectivity index (χ4n) is 0.779. The second-order valence-electron chi connectivity index (χ2n) is 2.14. The van der Waals surface area contributed by atoms with E-state index >= 15 is 0 Å². The van der Waals surface area contributed by atoms with Gasteiger partial charge in [0.1, 0.15) is 0 Å². The Hall–Kier alpha value is -0.560. The van der Waals surface area contributed by atoms with Crippen molar-refractivity contribution in [2.24, 2.45) is 0 Å². The van der Waals surface area contributed by atoms with Crippen LogP contribution in [0.1, 0.15) is 12.5 Å². The van der Waals surface area contributed by atoms with Crippen molar-refractivity contribution < 1.29 is 0 Å². The topological polar surface area (TPSA) is 0 Å². The van der Waals surface area contributed by atoms with Gasteiger partial charge in [0.05, 0.1) is 0 Å². The third kappa shape index (κ3) is 2.36. The Morgan fingerprint density at radius 3 is 2.40 bits per heavy atom. The maximum absolute atomic E-state index is 3.37. The fourth-order valence-corrected chi connectivity index (χ4v) is 1.04. The van der Waals surface area contributed by atoms with E-state index in [-0.39, 0.29) is 0 Å². The monoisotopic (exact) mass is 196 g/mol. The summed E-state index contributed by atoms with van der Waals surface area (Å²) >= 11 is 3.37. The molecule has 0 fully saturated rings. The first-order valence-electron chi connectivity index (χ1n) is 3.18. The largest absolute Gasteiger partial charge is 0.0622 e. The van der Waals surface area contributed by atoms with E-state index in [4.69, 9.17) is 0 Å². The first-order chi connectivity index (χ1) is 4.79. The van der Waals surface area contributed by atoms with Crippen molar-refractivity contribution in [1.29, 1.82) is 0 Å². The van der Waals surface area contributed by atoms with E-state index in [0.717, 1.165) is 4.48 Å². The molecular weight excluding hydrogens is 188 g/mol. The lowest BCUT2D eigenvalue weighted by molar-refractivity contribution is 1.64. The molecular formula is C9H9Br. The van der Waals surface area contributed by atoms with Gasteiger partial charge < -0.3 is 0 Å². The van der Waals surface area contributed by atoms with E-state index in [1.165, 1.54) is 5.56 Å². The summed E-state index contributed by atoms with van der Waals surface area (Å²) in [4.78, 5) is 0. The molecule has 0 radical (unpaired) electrons. The first-order valence-corrected chi connectivity index (χ1v) is 3.97. The van der Waals surface area contributed by atoms with E-state index in [9.17, 15) is 0 Å². The summed E-state index contributed by atoms with van der Waals surface area (Å²) in [5.74, 6) is 0. The van der Waals surface area contributed by atoms with Gasteiger partial charge in [0.2, 0.25) is 0 Å². The quantitative estimate of drug-likeness (QED) is 0.646. The maximum atomic E-state index is 3.37. The molecule has 0 aliphatic carbocycles. The van der Waals surface area contributed by atoms with E-state index in [1.807, 2.05) is 25.1 Å². The van der Waals surface area contributed by atoms with Gasteiger partial charge in [-0.1, -0.05) is 46.3 Å². The zero-order valence-electron chi connectivity index (χ0n) is 5.84. The van der Waals surface area contributed by atoms with E-state index in [2.05, 4.69) is 34.1 Å². The molecule has 0 atom stereocenters. The highest BCUT2D eigenvalue weighted by Crippen LogP contribution is 2.09. The minimum absolute atomic E-state index is 1.15. The van der Waals surface area contributed by atoms with Gasteiger partial charge in [0.25, 0.3) is 0 Å². The molecule has 1 heteroatoms. The summed E-state index contributed by atoms with van der Waals surface area (Å²) in [6.45, 7) is 2.02. The number of hydrogen-bond acceptors (Lipinski definition) is 0. The summed E-state index contributed by atoms with van der Waals surface area (Å²) in [5.41, 5.74) is 1.23. The highest BCUT2D eigenvalue weighted by atomic mass is 79.9. The van der Waals surface area contributed by atoms with E-state index in [1.54, 1.807) is 0 Å². The molecule has 1 aromatic carbocycles. The SMILES string of the molecule is C/C(Br)=C/c1ccccc1. The van der Waals surface area contributed by atoms with Gasteiger partial charge in [0.15, 0.2) is 0 Å². The van der Waals surface area contributed by atoms with Crippen molar-refractivity contribution in [2.45, 2.75) is 6.92 Å². The lowest BCUT2D eigenvalue weighted by Gasteiger charge is -1.90. The Kier molecular flexibility index (Phi) is 2.69. The zero-order valence-corrected chi connectivity index (χ0v) is 7.43. The first kappa shape index (κ1) is 7.55. The minimum Gasteiger partial charge on any atom is -0.0622 e. The van der Waals surface area contributed by atoms with Gasteiger partial charge >= 0.3 is 0 Å². The van der Waals surface area contributed by atoms with Crippen LogP contribution in [0.15, 0.2) is 34.8 Å². The third-order valence-electron chi connectivity index (χ3n) is 1.17. The summed E-state index contributed by atoms with van der Waals surface area (Å²) < 4.78 is 1.15. The Morgan fingerprint density at radius 2 is 1.90 bits per heavy atom. The van der Waals surface area contributed by atoms with Crippen molar-refractivity contribution in [3.8, 4) is 0 Å². The molecule has 0 aliphatic heterocycles. The molecule has 0 unspecified atom stereocenters. The molecule has 0 N–H and O–H groups in total. The molecule has 0 spiro atoms. The van der Waals surface area contributed by atoms with Crippen LogP contribution in [0, 0.1) is 0 Å². The van der Waals surface area contributed by atoms with Crippen molar-refractivity contribution in [2.75, 3.05) is 0 Å². The van der Waals surface area contributed by atoms with Crippen LogP contribution in [-0.2, 0) is 0 Å². The molecule has 0 nitrogen and oxygen atoms in total. The van der Waals surface area contributed by atoms with Crippen molar-refractivity contribution >= 4 is 22.0 Å². The summed E-state index contributed by atoms with van der Waals surface area (Å²) in [6, 6.07) is 10.2. The number of allylic oxidation sites excluding steroid dienone is 1. The molecule has 10 heavy (non-hydrogen) atoms. The fraction of sp³-hybridized carbons (Fsp3) is 0.111. The number of halogens is 1. The van der Waals surface area contributed by atoms with Crippen LogP contribution in [0.25, 0.3) is 6.08 Å². The Morgan fingerprint density at radius 1 is 1.30 bits per heavy atom. The van der Waals surface area contributed by atoms with Crippen LogP contribution >= 0.6 is 15.9 Å². The molecule has 52 valence electrons. The van der Waals surface area contributed by atoms with Crippen molar-refractivity contribution in [1.82, 2.24) is 0 Å². The lowest BCUT2D eigenvalue weighted by atomic mass is 10.2. The molecule has 0 saturated heterocycles. The second kappa shape index (κ2) is 3.57. The van der Waals surface area contributed by atoms with Crippen LogP contribution in [0.2, 0.25) is 0 Å². The number of benzene rings is 1. The van der Waals surface area contributed by atoms with Crippen LogP contribution in [0.3, 0.4) is 0 Å². The standard InChI is InChI=1S/C9H9Br/c1-8(10)7-9-5-3-2-4-6-9/h2-7H,1H3/b8-7-. The van der Waals surface area contributed by atoms with Gasteiger partial charge in [-0.3, -0.25) is 0 Å². The molecule has 0 aliphatic rings. The van der Waals surface area contributed by atoms with E-state index in [0.29, 0.717) is 0 Å². The van der Waals surface area contributed by atoms with Gasteiger partial charge in [-0.2, -0.15) is 0 Å². The lowest BCUT2D eigenvalue weighted by Crippen LogP contribution is -1.67. The average molecular weight is 197 g/mol. The molecule has 1 rings (SSSR count). The normalized spacial score (nSPS) is 11.6. The summed E-state index contributed by atoms with van der Waals surface area (Å²) in [7, 11) is 0. The number of hydrogen-bond donors (Lipinski definition) is 0. The zero-order chi connectivity index (χ0) is 7.40. The highest BCUT2D eigenvalue weighted by Gasteiger charge is 1.83. The summed E-state index contributed by atoms with van der Waals surface area (Å²) in [5, 5.41) is 0. The summed E-state index contributed by atoms with van der Waals surface area (Å²) in [6.07, 6.45) is 2.08. The average Bonchev–Trinajstić information content (AvgIpc) is 1.88. The van der Waals surface area contributed by atoms with Gasteiger partial charge in [-0.25, -0.2) is 0 Å². The third-order valence-corrected chi connectivity index (χ3v) is 1.39. The Labute approximate surface area is 69.7 Å². The van der Waals surface area contributed by atoms with Crippen molar-refractivity contribution in [3.63, 3.8) is 0 Å². The maximum Gasteiger partial charge on any atom is -0.00745 e. The van der Waals surface area contributed by atoms with Crippen molar-refractivity contribution in [3.05, 3.63) is 40.4 Å². The van der Waals surface area contributed by atoms with Crippen LogP contribution in [0.5, 0.6) is 0 Å². The van der Waals surface area contributed by atoms with Crippen LogP contribution in [-0.4, -0.2) is 0 Å². The van der Waals surface area contributed by atoms with Crippen LogP contribution in [0.4, 0.5) is 0 Å². The molecule has 0 aromatic heterocycles. The molecule has 0 heterocycles. The Bertz CT molecular complexity index is 220. The molecule has 0 amide bonds. The van der Waals surface area contributed by atoms with Gasteiger partial charge in [-0.05, 0) is 23.0 Å². The van der Waals surface area contributed by atoms with E-state index < -0.39 is 0 Å². The Balaban J connectivity index is 2.87. The highest BCUT2D eigenvalue weighted by molar-refractivity contribution is 9.11. The molecule has 0 saturated carbocycles. The smallest absolute Gasteiger partial charge is 0.00745 e. The van der Waals surface area contributed by atoms with Crippen LogP contribution < -0.4 is 0 Å².